The van der Waals surface area contributed by atoms with Gasteiger partial charge in [-0.05, 0) is 35.7 Å². The van der Waals surface area contributed by atoms with Crippen molar-refractivity contribution in [1.82, 2.24) is 5.32 Å². The number of hydrogen-bond donors (Lipinski definition) is 1. The molecule has 2 aromatic carbocycles. The largest absolute Gasteiger partial charge is 0.454 e. The number of thioether (sulfide) groups is 1. The van der Waals surface area contributed by atoms with Crippen LogP contribution in [0.5, 0.6) is 11.5 Å². The molecule has 1 N–H and O–H groups in total. The summed E-state index contributed by atoms with van der Waals surface area (Å²) in [7, 11) is 0. The first kappa shape index (κ1) is 13.0. The van der Waals surface area contributed by atoms with Crippen LogP contribution in [-0.2, 0) is 13.0 Å². The Balaban J connectivity index is 1.31. The van der Waals surface area contributed by atoms with E-state index in [4.69, 9.17) is 9.47 Å². The average Bonchev–Trinajstić information content (AvgIpc) is 3.12. The highest BCUT2D eigenvalue weighted by Gasteiger charge is 2.21. The second-order valence-corrected chi connectivity index (χ2v) is 6.71. The van der Waals surface area contributed by atoms with Gasteiger partial charge in [0.1, 0.15) is 0 Å². The Kier molecular flexibility index (Phi) is 3.49. The molecule has 0 radical (unpaired) electrons. The molecule has 0 bridgehead atoms. The summed E-state index contributed by atoms with van der Waals surface area (Å²) in [5, 5.41) is 4.19. The third-order valence-corrected chi connectivity index (χ3v) is 5.17. The van der Waals surface area contributed by atoms with Crippen LogP contribution in [0.3, 0.4) is 0 Å². The molecular formula is C17H17NO2S. The minimum absolute atomic E-state index is 0.336. The summed E-state index contributed by atoms with van der Waals surface area (Å²) in [5.41, 5.74) is 2.72. The minimum atomic E-state index is 0.336. The van der Waals surface area contributed by atoms with Crippen molar-refractivity contribution in [3.8, 4) is 11.5 Å². The lowest BCUT2D eigenvalue weighted by Gasteiger charge is -2.10. The van der Waals surface area contributed by atoms with Crippen LogP contribution in [0.1, 0.15) is 11.1 Å². The van der Waals surface area contributed by atoms with E-state index in [0.717, 1.165) is 31.0 Å². The van der Waals surface area contributed by atoms with Gasteiger partial charge in [0.25, 0.3) is 0 Å². The summed E-state index contributed by atoms with van der Waals surface area (Å²) in [6, 6.07) is 14.8. The van der Waals surface area contributed by atoms with E-state index in [-0.39, 0.29) is 0 Å². The lowest BCUT2D eigenvalue weighted by atomic mass is 10.1. The quantitative estimate of drug-likeness (QED) is 0.939. The summed E-state index contributed by atoms with van der Waals surface area (Å²) in [6.45, 7) is 2.22. The fourth-order valence-corrected chi connectivity index (χ4v) is 4.08. The standard InChI is InChI=1S/C17H17NO2S/c1-2-4-17-13(3-1)8-14(21-17)10-18-9-12-5-6-15-16(7-12)20-11-19-15/h1-7,14,18H,8-11H2. The molecule has 4 rings (SSSR count). The van der Waals surface area contributed by atoms with E-state index in [1.807, 2.05) is 17.8 Å². The van der Waals surface area contributed by atoms with Gasteiger partial charge in [-0.3, -0.25) is 0 Å². The van der Waals surface area contributed by atoms with Crippen LogP contribution in [0.25, 0.3) is 0 Å². The molecule has 1 atom stereocenters. The Morgan fingerprint density at radius 2 is 2.00 bits per heavy atom. The molecule has 2 heterocycles. The molecule has 0 saturated carbocycles. The second-order valence-electron chi connectivity index (χ2n) is 5.37. The number of rotatable bonds is 4. The Morgan fingerprint density at radius 1 is 1.10 bits per heavy atom. The minimum Gasteiger partial charge on any atom is -0.454 e. The highest BCUT2D eigenvalue weighted by atomic mass is 32.2. The number of ether oxygens (including phenoxy) is 2. The van der Waals surface area contributed by atoms with Gasteiger partial charge in [0.2, 0.25) is 6.79 Å². The number of hydrogen-bond acceptors (Lipinski definition) is 4. The van der Waals surface area contributed by atoms with Gasteiger partial charge in [-0.1, -0.05) is 24.3 Å². The molecule has 0 fully saturated rings. The summed E-state index contributed by atoms with van der Waals surface area (Å²) in [5.74, 6) is 1.71. The summed E-state index contributed by atoms with van der Waals surface area (Å²) in [6.07, 6.45) is 1.16. The molecule has 0 spiro atoms. The fraction of sp³-hybridized carbons (Fsp3) is 0.294. The molecular weight excluding hydrogens is 282 g/mol. The SMILES string of the molecule is c1ccc2c(c1)CC(CNCc1ccc3c(c1)OCO3)S2. The Hall–Kier alpha value is -1.65. The van der Waals surface area contributed by atoms with Crippen molar-refractivity contribution in [2.75, 3.05) is 13.3 Å². The maximum atomic E-state index is 5.41. The smallest absolute Gasteiger partial charge is 0.231 e. The number of benzene rings is 2. The van der Waals surface area contributed by atoms with E-state index in [2.05, 4.69) is 41.7 Å². The van der Waals surface area contributed by atoms with E-state index in [1.54, 1.807) is 0 Å². The van der Waals surface area contributed by atoms with Gasteiger partial charge in [0, 0.05) is 23.2 Å². The van der Waals surface area contributed by atoms with Crippen LogP contribution in [-0.4, -0.2) is 18.6 Å². The van der Waals surface area contributed by atoms with Gasteiger partial charge < -0.3 is 14.8 Å². The van der Waals surface area contributed by atoms with Crippen LogP contribution in [0.15, 0.2) is 47.4 Å². The van der Waals surface area contributed by atoms with E-state index in [1.165, 1.54) is 16.0 Å². The first-order chi connectivity index (χ1) is 10.4. The molecule has 4 heteroatoms. The number of nitrogens with one attached hydrogen (secondary N) is 1. The predicted molar refractivity (Wildman–Crippen MR) is 84.1 cm³/mol. The zero-order valence-electron chi connectivity index (χ0n) is 11.7. The Morgan fingerprint density at radius 3 is 2.95 bits per heavy atom. The highest BCUT2D eigenvalue weighted by Crippen LogP contribution is 2.36. The molecule has 0 saturated heterocycles. The third kappa shape index (κ3) is 2.74. The van der Waals surface area contributed by atoms with Gasteiger partial charge in [0.15, 0.2) is 11.5 Å². The summed E-state index contributed by atoms with van der Waals surface area (Å²) < 4.78 is 10.7. The van der Waals surface area contributed by atoms with Gasteiger partial charge in [0.05, 0.1) is 0 Å². The topological polar surface area (TPSA) is 30.5 Å². The molecule has 3 nitrogen and oxygen atoms in total. The zero-order valence-corrected chi connectivity index (χ0v) is 12.5. The molecule has 21 heavy (non-hydrogen) atoms. The monoisotopic (exact) mass is 299 g/mol. The average molecular weight is 299 g/mol. The van der Waals surface area contributed by atoms with Crippen molar-refractivity contribution in [3.63, 3.8) is 0 Å². The lowest BCUT2D eigenvalue weighted by molar-refractivity contribution is 0.174. The van der Waals surface area contributed by atoms with E-state index in [0.29, 0.717) is 12.0 Å². The molecule has 0 aromatic heterocycles. The van der Waals surface area contributed by atoms with Crippen molar-refractivity contribution in [1.29, 1.82) is 0 Å². The normalized spacial score (nSPS) is 18.8. The second kappa shape index (κ2) is 5.62. The Labute approximate surface area is 128 Å². The van der Waals surface area contributed by atoms with E-state index >= 15 is 0 Å². The molecule has 0 amide bonds. The van der Waals surface area contributed by atoms with Crippen molar-refractivity contribution in [2.45, 2.75) is 23.1 Å². The summed E-state index contributed by atoms with van der Waals surface area (Å²) in [4.78, 5) is 1.44. The van der Waals surface area contributed by atoms with Gasteiger partial charge in [-0.25, -0.2) is 0 Å². The maximum absolute atomic E-state index is 5.41. The van der Waals surface area contributed by atoms with E-state index < -0.39 is 0 Å². The van der Waals surface area contributed by atoms with E-state index in [9.17, 15) is 0 Å². The first-order valence-electron chi connectivity index (χ1n) is 7.22. The molecule has 108 valence electrons. The van der Waals surface area contributed by atoms with Crippen LogP contribution < -0.4 is 14.8 Å². The molecule has 0 aliphatic carbocycles. The molecule has 2 aromatic rings. The lowest BCUT2D eigenvalue weighted by Crippen LogP contribution is -2.23. The third-order valence-electron chi connectivity index (χ3n) is 3.85. The van der Waals surface area contributed by atoms with Crippen molar-refractivity contribution < 1.29 is 9.47 Å². The number of fused-ring (bicyclic) bond motifs is 2. The van der Waals surface area contributed by atoms with Gasteiger partial charge in [-0.15, -0.1) is 11.8 Å². The van der Waals surface area contributed by atoms with Crippen LogP contribution in [0.2, 0.25) is 0 Å². The van der Waals surface area contributed by atoms with Crippen LogP contribution in [0.4, 0.5) is 0 Å². The highest BCUT2D eigenvalue weighted by molar-refractivity contribution is 8.00. The first-order valence-corrected chi connectivity index (χ1v) is 8.10. The predicted octanol–water partition coefficient (Wildman–Crippen LogP) is 3.22. The van der Waals surface area contributed by atoms with Crippen LogP contribution >= 0.6 is 11.8 Å². The fourth-order valence-electron chi connectivity index (χ4n) is 2.80. The zero-order chi connectivity index (χ0) is 14.1. The summed E-state index contributed by atoms with van der Waals surface area (Å²) >= 11 is 1.98. The van der Waals surface area contributed by atoms with Crippen molar-refractivity contribution >= 4 is 11.8 Å². The molecule has 2 aliphatic heterocycles. The van der Waals surface area contributed by atoms with Crippen molar-refractivity contribution in [3.05, 3.63) is 53.6 Å². The van der Waals surface area contributed by atoms with Gasteiger partial charge >= 0.3 is 0 Å². The maximum Gasteiger partial charge on any atom is 0.231 e. The van der Waals surface area contributed by atoms with Gasteiger partial charge in [-0.2, -0.15) is 0 Å². The Bertz CT molecular complexity index is 634. The molecule has 1 unspecified atom stereocenters. The van der Waals surface area contributed by atoms with Crippen molar-refractivity contribution in [2.24, 2.45) is 0 Å². The molecule has 2 aliphatic rings. The van der Waals surface area contributed by atoms with Crippen LogP contribution in [0, 0.1) is 0 Å².